The first-order chi connectivity index (χ1) is 13.9. The molecule has 2 aliphatic rings. The fourth-order valence-electron chi connectivity index (χ4n) is 2.83. The number of rotatable bonds is 1. The Morgan fingerprint density at radius 1 is 0.833 bits per heavy atom. The Bertz CT molecular complexity index is 711. The Morgan fingerprint density at radius 3 is 1.37 bits per heavy atom. The van der Waals surface area contributed by atoms with Gasteiger partial charge >= 0.3 is 21.7 Å². The second-order valence-electron chi connectivity index (χ2n) is 7.74. The van der Waals surface area contributed by atoms with E-state index in [0.29, 0.717) is 12.0 Å². The molecular formula is C27H38NSiTi. The molecule has 1 fully saturated rings. The van der Waals surface area contributed by atoms with Crippen LogP contribution in [0.4, 0.5) is 0 Å². The number of benzene rings is 2. The molecule has 1 unspecified atom stereocenters. The summed E-state index contributed by atoms with van der Waals surface area (Å²) in [4.78, 5) is 0. The van der Waals surface area contributed by atoms with Gasteiger partial charge in [0.15, 0.2) is 0 Å². The van der Waals surface area contributed by atoms with Gasteiger partial charge in [-0.3, -0.25) is 6.08 Å². The monoisotopic (exact) mass is 452 g/mol. The van der Waals surface area contributed by atoms with E-state index in [2.05, 4.69) is 95.4 Å². The van der Waals surface area contributed by atoms with E-state index in [1.807, 2.05) is 12.1 Å². The molecule has 0 saturated heterocycles. The molecule has 1 N–H and O–H groups in total. The van der Waals surface area contributed by atoms with Gasteiger partial charge in [0.1, 0.15) is 0 Å². The third-order valence-electron chi connectivity index (χ3n) is 5.22. The van der Waals surface area contributed by atoms with Crippen LogP contribution in [0.1, 0.15) is 47.0 Å². The molecule has 1 radical (unpaired) electrons. The summed E-state index contributed by atoms with van der Waals surface area (Å²) in [6.45, 7) is 13.1. The summed E-state index contributed by atoms with van der Waals surface area (Å²) >= 11 is 0. The van der Waals surface area contributed by atoms with Crippen molar-refractivity contribution in [3.05, 3.63) is 89.2 Å². The molecule has 0 amide bonds. The van der Waals surface area contributed by atoms with Crippen molar-refractivity contribution in [2.45, 2.75) is 66.1 Å². The topological polar surface area (TPSA) is 23.8 Å². The molecule has 2 aromatic carbocycles. The van der Waals surface area contributed by atoms with Gasteiger partial charge in [0, 0.05) is 9.52 Å². The van der Waals surface area contributed by atoms with E-state index in [9.17, 15) is 0 Å². The molecule has 1 nitrogen and oxygen atoms in total. The number of hydrogen-bond donors (Lipinski definition) is 0. The van der Waals surface area contributed by atoms with Crippen molar-refractivity contribution in [3.8, 4) is 11.1 Å². The summed E-state index contributed by atoms with van der Waals surface area (Å²) < 4.78 is 0. The van der Waals surface area contributed by atoms with Gasteiger partial charge in [-0.2, -0.15) is 11.1 Å². The van der Waals surface area contributed by atoms with E-state index in [4.69, 9.17) is 5.73 Å². The van der Waals surface area contributed by atoms with Crippen LogP contribution in [0, 0.1) is 12.0 Å². The van der Waals surface area contributed by atoms with Gasteiger partial charge < -0.3 is 5.73 Å². The first-order valence-corrected chi connectivity index (χ1v) is 13.0. The molecule has 2 aromatic rings. The second-order valence-corrected chi connectivity index (χ2v) is 8.89. The van der Waals surface area contributed by atoms with E-state index in [1.54, 1.807) is 0 Å². The van der Waals surface area contributed by atoms with Crippen molar-refractivity contribution >= 4 is 9.52 Å². The van der Waals surface area contributed by atoms with Gasteiger partial charge in [-0.1, -0.05) is 120 Å². The maximum Gasteiger partial charge on any atom is 2.00 e. The van der Waals surface area contributed by atoms with Crippen LogP contribution in [0.3, 0.4) is 0 Å². The zero-order valence-corrected chi connectivity index (χ0v) is 22.3. The van der Waals surface area contributed by atoms with E-state index < -0.39 is 0 Å². The van der Waals surface area contributed by atoms with Crippen molar-refractivity contribution in [1.82, 2.24) is 0 Å². The van der Waals surface area contributed by atoms with E-state index in [1.165, 1.54) is 34.3 Å². The van der Waals surface area contributed by atoms with Gasteiger partial charge in [0.25, 0.3) is 0 Å². The van der Waals surface area contributed by atoms with Crippen molar-refractivity contribution < 1.29 is 21.7 Å². The maximum atomic E-state index is 6.91. The zero-order chi connectivity index (χ0) is 21.6. The average Bonchev–Trinajstić information content (AvgIpc) is 2.95. The Kier molecular flexibility index (Phi) is 15.8. The first kappa shape index (κ1) is 28.8. The predicted molar refractivity (Wildman–Crippen MR) is 133 cm³/mol. The van der Waals surface area contributed by atoms with E-state index in [0.717, 1.165) is 22.4 Å². The Morgan fingerprint density at radius 2 is 1.20 bits per heavy atom. The van der Waals surface area contributed by atoms with Crippen LogP contribution in [0.5, 0.6) is 0 Å². The summed E-state index contributed by atoms with van der Waals surface area (Å²) in [7, 11) is 0.750. The van der Waals surface area contributed by atoms with Crippen LogP contribution in [-0.4, -0.2) is 15.6 Å². The van der Waals surface area contributed by atoms with Crippen LogP contribution >= 0.6 is 0 Å². The molecule has 0 aromatic heterocycles. The van der Waals surface area contributed by atoms with E-state index >= 15 is 0 Å². The summed E-state index contributed by atoms with van der Waals surface area (Å²) in [6, 6.07) is 21.1. The molecule has 0 spiro atoms. The van der Waals surface area contributed by atoms with Gasteiger partial charge in [-0.05, 0) is 11.1 Å². The van der Waals surface area contributed by atoms with Crippen LogP contribution < -0.4 is 0 Å². The first-order valence-electron chi connectivity index (χ1n) is 10.7. The average molecular weight is 453 g/mol. The molecule has 159 valence electrons. The Labute approximate surface area is 203 Å². The fourth-order valence-corrected chi connectivity index (χ4v) is 2.83. The fraction of sp³-hybridized carbons (Fsp3) is 0.407. The molecule has 2 aliphatic carbocycles. The summed E-state index contributed by atoms with van der Waals surface area (Å²) in [5, 5.41) is 0. The van der Waals surface area contributed by atoms with Gasteiger partial charge in [-0.25, -0.2) is 5.57 Å². The third kappa shape index (κ3) is 10.7. The van der Waals surface area contributed by atoms with Gasteiger partial charge in [0.2, 0.25) is 0 Å². The minimum absolute atomic E-state index is 0. The molecule has 1 saturated carbocycles. The van der Waals surface area contributed by atoms with Crippen molar-refractivity contribution in [3.63, 3.8) is 0 Å². The number of allylic oxidation sites excluding steroid dienone is 4. The van der Waals surface area contributed by atoms with E-state index in [-0.39, 0.29) is 21.7 Å². The number of hydrogen-bond acceptors (Lipinski definition) is 0. The smallest absolute Gasteiger partial charge is 0.675 e. The molecule has 30 heavy (non-hydrogen) atoms. The molecule has 0 heterocycles. The van der Waals surface area contributed by atoms with Gasteiger partial charge in [-0.15, -0.1) is 13.0 Å². The maximum absolute atomic E-state index is 6.91. The summed E-state index contributed by atoms with van der Waals surface area (Å²) in [5.41, 5.74) is 13.7. The standard InChI is InChI=1S/C12H10.C9H13.C4H8N.C2H7Si.Ti/c1-3-7-11(8-4-1)12-9-5-2-6-10-12;1-6-5-7(2)9(4)8(6)3;5-4-2-1-3-4;1-3-2;/h1-10H;6H,1-4H3;4-5H,1-3H2;3H,1-2H3;/q;2*-1;;+2. The van der Waals surface area contributed by atoms with Crippen LogP contribution in [0.25, 0.3) is 16.9 Å². The molecule has 0 bridgehead atoms. The second kappa shape index (κ2) is 16.5. The van der Waals surface area contributed by atoms with Gasteiger partial charge in [0.05, 0.1) is 0 Å². The van der Waals surface area contributed by atoms with Crippen molar-refractivity contribution in [2.24, 2.45) is 5.92 Å². The zero-order valence-electron chi connectivity index (χ0n) is 19.6. The Balaban J connectivity index is 0.000000413. The molecule has 4 rings (SSSR count). The summed E-state index contributed by atoms with van der Waals surface area (Å²) in [5.74, 6) is 0.560. The van der Waals surface area contributed by atoms with Crippen molar-refractivity contribution in [1.29, 1.82) is 0 Å². The summed E-state index contributed by atoms with van der Waals surface area (Å²) in [6.07, 6.45) is 6.96. The quantitative estimate of drug-likeness (QED) is 0.308. The molecule has 0 aliphatic heterocycles. The van der Waals surface area contributed by atoms with Crippen LogP contribution in [0.15, 0.2) is 77.4 Å². The third-order valence-corrected chi connectivity index (χ3v) is 5.22. The van der Waals surface area contributed by atoms with Crippen LogP contribution in [-0.2, 0) is 21.7 Å². The minimum Gasteiger partial charge on any atom is -0.675 e. The minimum atomic E-state index is 0. The number of nitrogens with one attached hydrogen (secondary N) is 1. The molecule has 3 heteroatoms. The largest absolute Gasteiger partial charge is 2.00 e. The molecular weight excluding hydrogens is 414 g/mol. The predicted octanol–water partition coefficient (Wildman–Crippen LogP) is 8.18. The van der Waals surface area contributed by atoms with Crippen LogP contribution in [0.2, 0.25) is 13.1 Å². The molecule has 1 atom stereocenters. The Hall–Kier alpha value is -1.19. The normalized spacial score (nSPS) is 16.9. The SMILES string of the molecule is CC1=[C-]C(C)C(C)=C1C.C[SiH]C.[NH-]C1CCC1.[Ti+2].c1ccc(-c2ccccc2)cc1. The van der Waals surface area contributed by atoms with Crippen molar-refractivity contribution in [2.75, 3.05) is 0 Å².